The normalized spacial score (nSPS) is 17.2. The van der Waals surface area contributed by atoms with Crippen LogP contribution in [0.3, 0.4) is 0 Å². The minimum Gasteiger partial charge on any atom is -0.374 e. The van der Waals surface area contributed by atoms with Crippen molar-refractivity contribution in [1.82, 2.24) is 5.32 Å². The summed E-state index contributed by atoms with van der Waals surface area (Å²) < 4.78 is 29.1. The molecule has 2 N–H and O–H groups in total. The third kappa shape index (κ3) is 4.84. The molecular weight excluding hydrogens is 192 g/mol. The van der Waals surface area contributed by atoms with Gasteiger partial charge in [-0.2, -0.15) is 8.42 Å². The third-order valence-corrected chi connectivity index (χ3v) is 2.59. The van der Waals surface area contributed by atoms with Crippen molar-refractivity contribution in [2.24, 2.45) is 4.99 Å². The minimum absolute atomic E-state index is 0.187. The van der Waals surface area contributed by atoms with Crippen LogP contribution in [0.15, 0.2) is 4.99 Å². The molecular formula is C7H14N2O3S. The average Bonchev–Trinajstić information content (AvgIpc) is 2.48. The molecule has 0 saturated heterocycles. The van der Waals surface area contributed by atoms with E-state index in [0.717, 1.165) is 25.2 Å². The molecule has 0 aromatic rings. The highest BCUT2D eigenvalue weighted by atomic mass is 32.2. The third-order valence-electron chi connectivity index (χ3n) is 1.78. The predicted molar refractivity (Wildman–Crippen MR) is 50.6 cm³/mol. The van der Waals surface area contributed by atoms with Crippen LogP contribution in [0.1, 0.15) is 19.3 Å². The van der Waals surface area contributed by atoms with Crippen LogP contribution in [-0.2, 0) is 10.1 Å². The van der Waals surface area contributed by atoms with Crippen LogP contribution in [0.2, 0.25) is 0 Å². The highest BCUT2D eigenvalue weighted by molar-refractivity contribution is 7.85. The number of nitrogens with one attached hydrogen (secondary N) is 1. The molecule has 13 heavy (non-hydrogen) atoms. The highest BCUT2D eigenvalue weighted by Crippen LogP contribution is 2.00. The molecule has 6 heteroatoms. The number of amidine groups is 1. The summed E-state index contributed by atoms with van der Waals surface area (Å²) in [6.07, 6.45) is 2.43. The topological polar surface area (TPSA) is 78.8 Å². The summed E-state index contributed by atoms with van der Waals surface area (Å²) in [5.74, 6) is 0.767. The fourth-order valence-electron chi connectivity index (χ4n) is 1.17. The summed E-state index contributed by atoms with van der Waals surface area (Å²) in [6.45, 7) is 1.42. The molecule has 0 aromatic carbocycles. The van der Waals surface area contributed by atoms with Crippen molar-refractivity contribution in [2.45, 2.75) is 19.3 Å². The molecule has 0 saturated carbocycles. The van der Waals surface area contributed by atoms with Crippen LogP contribution in [0.25, 0.3) is 0 Å². The summed E-state index contributed by atoms with van der Waals surface area (Å²) in [4.78, 5) is 4.16. The number of rotatable bonds is 4. The molecule has 0 unspecified atom stereocenters. The Balaban J connectivity index is 2.07. The molecule has 0 aromatic heterocycles. The standard InChI is InChI=1S/C7H14N2O3S/c10-13(11,12)6-2-5-9-7-3-1-4-8-7/h1-6H2,(H,8,9)(H,10,11,12). The summed E-state index contributed by atoms with van der Waals surface area (Å²) in [7, 11) is -3.80. The first-order valence-corrected chi connectivity index (χ1v) is 5.91. The van der Waals surface area contributed by atoms with Gasteiger partial charge in [0, 0.05) is 19.5 Å². The van der Waals surface area contributed by atoms with Gasteiger partial charge in [0.25, 0.3) is 10.1 Å². The summed E-state index contributed by atoms with van der Waals surface area (Å²) in [5, 5.41) is 3.03. The molecule has 0 spiro atoms. The zero-order valence-corrected chi connectivity index (χ0v) is 8.18. The van der Waals surface area contributed by atoms with Crippen LogP contribution in [0, 0.1) is 0 Å². The maximum absolute atomic E-state index is 10.3. The van der Waals surface area contributed by atoms with Gasteiger partial charge in [-0.15, -0.1) is 0 Å². The molecule has 0 fully saturated rings. The van der Waals surface area contributed by atoms with Crippen molar-refractivity contribution in [3.05, 3.63) is 0 Å². The van der Waals surface area contributed by atoms with Crippen LogP contribution in [0.5, 0.6) is 0 Å². The maximum atomic E-state index is 10.3. The van der Waals surface area contributed by atoms with Gasteiger partial charge < -0.3 is 5.32 Å². The summed E-state index contributed by atoms with van der Waals surface area (Å²) >= 11 is 0. The maximum Gasteiger partial charge on any atom is 0.264 e. The number of hydrogen-bond acceptors (Lipinski definition) is 4. The SMILES string of the molecule is O=S(=O)(O)CCCNC1=NCCC1. The molecule has 0 aliphatic carbocycles. The molecule has 0 bridgehead atoms. The lowest BCUT2D eigenvalue weighted by Crippen LogP contribution is -2.24. The first-order valence-electron chi connectivity index (χ1n) is 4.30. The molecule has 5 nitrogen and oxygen atoms in total. The van der Waals surface area contributed by atoms with E-state index in [1.165, 1.54) is 0 Å². The van der Waals surface area contributed by atoms with E-state index in [-0.39, 0.29) is 5.75 Å². The van der Waals surface area contributed by atoms with Crippen molar-refractivity contribution in [2.75, 3.05) is 18.8 Å². The second-order valence-electron chi connectivity index (χ2n) is 3.00. The van der Waals surface area contributed by atoms with E-state index < -0.39 is 10.1 Å². The van der Waals surface area contributed by atoms with E-state index >= 15 is 0 Å². The van der Waals surface area contributed by atoms with Gasteiger partial charge in [-0.1, -0.05) is 0 Å². The lowest BCUT2D eigenvalue weighted by atomic mass is 10.3. The van der Waals surface area contributed by atoms with E-state index in [2.05, 4.69) is 10.3 Å². The van der Waals surface area contributed by atoms with E-state index in [1.807, 2.05) is 0 Å². The van der Waals surface area contributed by atoms with Gasteiger partial charge in [-0.05, 0) is 12.8 Å². The van der Waals surface area contributed by atoms with Crippen molar-refractivity contribution in [1.29, 1.82) is 0 Å². The zero-order valence-electron chi connectivity index (χ0n) is 7.36. The molecule has 1 aliphatic heterocycles. The van der Waals surface area contributed by atoms with Gasteiger partial charge >= 0.3 is 0 Å². The van der Waals surface area contributed by atoms with Crippen molar-refractivity contribution in [3.63, 3.8) is 0 Å². The molecule has 0 amide bonds. The Morgan fingerprint density at radius 3 is 2.85 bits per heavy atom. The van der Waals surface area contributed by atoms with Gasteiger partial charge in [-0.25, -0.2) is 0 Å². The van der Waals surface area contributed by atoms with Gasteiger partial charge in [-0.3, -0.25) is 9.55 Å². The Morgan fingerprint density at radius 1 is 1.54 bits per heavy atom. The molecule has 1 heterocycles. The van der Waals surface area contributed by atoms with Gasteiger partial charge in [0.05, 0.1) is 11.6 Å². The molecule has 0 radical (unpaired) electrons. The number of nitrogens with zero attached hydrogens (tertiary/aromatic N) is 1. The first kappa shape index (κ1) is 10.5. The molecule has 1 aliphatic rings. The van der Waals surface area contributed by atoms with E-state index in [0.29, 0.717) is 13.0 Å². The Morgan fingerprint density at radius 2 is 2.31 bits per heavy atom. The number of aliphatic imine (C=N–C) groups is 1. The fourth-order valence-corrected chi connectivity index (χ4v) is 1.68. The predicted octanol–water partition coefficient (Wildman–Crippen LogP) is 0.0462. The Kier molecular flexibility index (Phi) is 3.68. The zero-order chi connectivity index (χ0) is 9.73. The van der Waals surface area contributed by atoms with Crippen molar-refractivity contribution >= 4 is 16.0 Å². The molecule has 0 atom stereocenters. The van der Waals surface area contributed by atoms with Gasteiger partial charge in [0.15, 0.2) is 0 Å². The van der Waals surface area contributed by atoms with Crippen LogP contribution < -0.4 is 5.32 Å². The quantitative estimate of drug-likeness (QED) is 0.503. The molecule has 1 rings (SSSR count). The first-order chi connectivity index (χ1) is 6.08. The van der Waals surface area contributed by atoms with Crippen LogP contribution in [0.4, 0.5) is 0 Å². The fraction of sp³-hybridized carbons (Fsp3) is 0.857. The van der Waals surface area contributed by atoms with E-state index in [4.69, 9.17) is 4.55 Å². The highest BCUT2D eigenvalue weighted by Gasteiger charge is 2.06. The largest absolute Gasteiger partial charge is 0.374 e. The Labute approximate surface area is 78.0 Å². The van der Waals surface area contributed by atoms with E-state index in [9.17, 15) is 8.42 Å². The number of hydrogen-bond donors (Lipinski definition) is 2. The molecule has 76 valence electrons. The monoisotopic (exact) mass is 206 g/mol. The van der Waals surface area contributed by atoms with Gasteiger partial charge in [0.2, 0.25) is 0 Å². The van der Waals surface area contributed by atoms with Crippen LogP contribution in [-0.4, -0.2) is 37.6 Å². The lowest BCUT2D eigenvalue weighted by Gasteiger charge is -2.03. The summed E-state index contributed by atoms with van der Waals surface area (Å²) in [5.41, 5.74) is 0. The smallest absolute Gasteiger partial charge is 0.264 e. The lowest BCUT2D eigenvalue weighted by molar-refractivity contribution is 0.481. The Hall–Kier alpha value is -0.620. The second-order valence-corrected chi connectivity index (χ2v) is 4.57. The van der Waals surface area contributed by atoms with Gasteiger partial charge in [0.1, 0.15) is 0 Å². The van der Waals surface area contributed by atoms with Crippen molar-refractivity contribution < 1.29 is 13.0 Å². The minimum atomic E-state index is -3.80. The van der Waals surface area contributed by atoms with Crippen LogP contribution >= 0.6 is 0 Å². The van der Waals surface area contributed by atoms with E-state index in [1.54, 1.807) is 0 Å². The van der Waals surface area contributed by atoms with Crippen molar-refractivity contribution in [3.8, 4) is 0 Å². The summed E-state index contributed by atoms with van der Waals surface area (Å²) in [6, 6.07) is 0. The second kappa shape index (κ2) is 4.57. The Bertz CT molecular complexity index is 284. The average molecular weight is 206 g/mol.